The number of hydrogen-bond donors (Lipinski definition) is 3. The van der Waals surface area contributed by atoms with Crippen molar-refractivity contribution in [1.82, 2.24) is 30.5 Å². The molecule has 2 aromatic carbocycles. The van der Waals surface area contributed by atoms with Crippen LogP contribution in [0.3, 0.4) is 0 Å². The van der Waals surface area contributed by atoms with Crippen LogP contribution in [0.25, 0.3) is 16.9 Å². The van der Waals surface area contributed by atoms with Crippen LogP contribution in [0.4, 0.5) is 23.8 Å². The molecule has 1 aliphatic heterocycles. The molecule has 1 fully saturated rings. The molecule has 0 saturated carbocycles. The number of hydrogen-bond acceptors (Lipinski definition) is 8. The smallest absolute Gasteiger partial charge is 0.320 e. The molecule has 0 bridgehead atoms. The lowest BCUT2D eigenvalue weighted by Crippen LogP contribution is -2.42. The maximum absolute atomic E-state index is 14.1. The SMILES string of the molecule is CNC(=O)c1cc(-c2nn(-c3ccc(F)cc3)c(NC(=O)N[C@@H]3CN(CCOC)O[C@H]3c3ccc(F)c(F)c3)c2C)cnc1OC. The van der Waals surface area contributed by atoms with Crippen LogP contribution in [-0.4, -0.2) is 78.8 Å². The van der Waals surface area contributed by atoms with Crippen LogP contribution in [0.1, 0.15) is 27.6 Å². The fraction of sp³-hybridized carbons (Fsp3) is 0.290. The first kappa shape index (κ1) is 32.4. The summed E-state index contributed by atoms with van der Waals surface area (Å²) >= 11 is 0. The van der Waals surface area contributed by atoms with Crippen molar-refractivity contribution in [3.05, 3.63) is 88.9 Å². The third-order valence-electron chi connectivity index (χ3n) is 7.38. The predicted molar refractivity (Wildman–Crippen MR) is 161 cm³/mol. The minimum Gasteiger partial charge on any atom is -0.480 e. The first-order chi connectivity index (χ1) is 22.1. The van der Waals surface area contributed by atoms with Crippen molar-refractivity contribution in [1.29, 1.82) is 0 Å². The third-order valence-corrected chi connectivity index (χ3v) is 7.38. The summed E-state index contributed by atoms with van der Waals surface area (Å²) in [6.45, 7) is 2.65. The lowest BCUT2D eigenvalue weighted by atomic mass is 10.0. The number of carbonyl (C=O) groups excluding carboxylic acids is 2. The average Bonchev–Trinajstić information content (AvgIpc) is 3.60. The number of methoxy groups -OCH3 is 2. The topological polar surface area (TPSA) is 132 Å². The van der Waals surface area contributed by atoms with Crippen LogP contribution in [0, 0.1) is 24.4 Å². The molecule has 0 unspecified atom stereocenters. The number of aromatic nitrogens is 3. The summed E-state index contributed by atoms with van der Waals surface area (Å²) in [4.78, 5) is 36.3. The summed E-state index contributed by atoms with van der Waals surface area (Å²) in [5, 5.41) is 14.5. The van der Waals surface area contributed by atoms with Gasteiger partial charge in [0.25, 0.3) is 5.91 Å². The summed E-state index contributed by atoms with van der Waals surface area (Å²) < 4.78 is 53.4. The van der Waals surface area contributed by atoms with E-state index < -0.39 is 41.5 Å². The largest absolute Gasteiger partial charge is 0.480 e. The number of halogens is 3. The second kappa shape index (κ2) is 14.0. The molecule has 2 aromatic heterocycles. The van der Waals surface area contributed by atoms with E-state index in [4.69, 9.17) is 14.3 Å². The lowest BCUT2D eigenvalue weighted by Gasteiger charge is -2.20. The van der Waals surface area contributed by atoms with Gasteiger partial charge in [-0.2, -0.15) is 10.2 Å². The summed E-state index contributed by atoms with van der Waals surface area (Å²) in [5.41, 5.74) is 2.29. The van der Waals surface area contributed by atoms with Crippen LogP contribution in [0.2, 0.25) is 0 Å². The van der Waals surface area contributed by atoms with E-state index in [1.165, 1.54) is 62.5 Å². The Morgan fingerprint density at radius 3 is 2.50 bits per heavy atom. The van der Waals surface area contributed by atoms with Gasteiger partial charge in [0, 0.05) is 44.6 Å². The highest BCUT2D eigenvalue weighted by molar-refractivity contribution is 5.97. The van der Waals surface area contributed by atoms with Gasteiger partial charge in [-0.3, -0.25) is 14.9 Å². The zero-order valence-corrected chi connectivity index (χ0v) is 25.4. The molecule has 1 saturated heterocycles. The fourth-order valence-electron chi connectivity index (χ4n) is 5.07. The fourth-order valence-corrected chi connectivity index (χ4v) is 5.07. The molecule has 1 aliphatic rings. The average molecular weight is 640 g/mol. The predicted octanol–water partition coefficient (Wildman–Crippen LogP) is 4.15. The van der Waals surface area contributed by atoms with E-state index in [0.29, 0.717) is 41.2 Å². The van der Waals surface area contributed by atoms with Crippen molar-refractivity contribution in [2.75, 3.05) is 46.3 Å². The molecule has 0 aliphatic carbocycles. The van der Waals surface area contributed by atoms with E-state index in [-0.39, 0.29) is 23.8 Å². The van der Waals surface area contributed by atoms with Crippen LogP contribution in [0.5, 0.6) is 5.88 Å². The molecule has 15 heteroatoms. The number of rotatable bonds is 10. The zero-order chi connectivity index (χ0) is 33.0. The van der Waals surface area contributed by atoms with Crippen LogP contribution in [-0.2, 0) is 9.57 Å². The molecule has 5 rings (SSSR count). The normalized spacial score (nSPS) is 16.3. The highest BCUT2D eigenvalue weighted by Gasteiger charge is 2.37. The van der Waals surface area contributed by atoms with Gasteiger partial charge in [0.2, 0.25) is 5.88 Å². The van der Waals surface area contributed by atoms with Gasteiger partial charge < -0.3 is 20.1 Å². The summed E-state index contributed by atoms with van der Waals surface area (Å²) in [7, 11) is 4.41. The number of nitrogens with one attached hydrogen (secondary N) is 3. The number of ether oxygens (including phenoxy) is 2. The van der Waals surface area contributed by atoms with Crippen molar-refractivity contribution in [2.45, 2.75) is 19.1 Å². The van der Waals surface area contributed by atoms with Gasteiger partial charge in [-0.1, -0.05) is 6.07 Å². The van der Waals surface area contributed by atoms with Gasteiger partial charge in [-0.05, 0) is 55.0 Å². The van der Waals surface area contributed by atoms with Crippen molar-refractivity contribution in [3.8, 4) is 22.8 Å². The highest BCUT2D eigenvalue weighted by atomic mass is 19.2. The third kappa shape index (κ3) is 6.80. The Bertz CT molecular complexity index is 1730. The molecule has 3 amide bonds. The number of pyridine rings is 1. The van der Waals surface area contributed by atoms with Gasteiger partial charge in [0.15, 0.2) is 11.6 Å². The van der Waals surface area contributed by atoms with Gasteiger partial charge in [-0.25, -0.2) is 27.6 Å². The molecule has 3 N–H and O–H groups in total. The number of benzene rings is 2. The van der Waals surface area contributed by atoms with Crippen LogP contribution >= 0.6 is 0 Å². The van der Waals surface area contributed by atoms with E-state index in [0.717, 1.165) is 12.1 Å². The van der Waals surface area contributed by atoms with E-state index >= 15 is 0 Å². The second-order valence-electron chi connectivity index (χ2n) is 10.4. The first-order valence-electron chi connectivity index (χ1n) is 14.2. The van der Waals surface area contributed by atoms with Crippen molar-refractivity contribution in [3.63, 3.8) is 0 Å². The monoisotopic (exact) mass is 639 g/mol. The standard InChI is InChI=1S/C31H32F3N7O5/c1-17-26(19-13-22(29(42)35-2)30(45-4)36-15-19)39-41(21-8-6-20(32)7-9-21)28(17)38-31(43)37-25-16-40(11-12-44-3)46-27(25)18-5-10-23(33)24(34)14-18/h5-10,13-15,25,27H,11-12,16H2,1-4H3,(H,35,42)(H2,37,38,43)/t25-,27+/m1/s1. The number of nitrogens with zero attached hydrogens (tertiary/aromatic N) is 4. The Morgan fingerprint density at radius 2 is 1.83 bits per heavy atom. The molecular weight excluding hydrogens is 607 g/mol. The maximum Gasteiger partial charge on any atom is 0.320 e. The summed E-state index contributed by atoms with van der Waals surface area (Å²) in [6.07, 6.45) is 0.654. The number of amides is 3. The number of anilines is 1. The Balaban J connectivity index is 1.48. The minimum atomic E-state index is -1.04. The molecule has 4 aromatic rings. The molecule has 242 valence electrons. The van der Waals surface area contributed by atoms with E-state index in [2.05, 4.69) is 26.0 Å². The Labute approximate surface area is 262 Å². The van der Waals surface area contributed by atoms with Crippen molar-refractivity contribution in [2.24, 2.45) is 0 Å². The lowest BCUT2D eigenvalue weighted by molar-refractivity contribution is -0.154. The molecule has 0 radical (unpaired) electrons. The molecule has 2 atom stereocenters. The summed E-state index contributed by atoms with van der Waals surface area (Å²) in [6, 6.07) is 9.17. The first-order valence-corrected chi connectivity index (χ1v) is 14.2. The van der Waals surface area contributed by atoms with E-state index in [1.807, 2.05) is 0 Å². The van der Waals surface area contributed by atoms with E-state index in [1.54, 1.807) is 18.1 Å². The van der Waals surface area contributed by atoms with Gasteiger partial charge >= 0.3 is 6.03 Å². The number of hydroxylamine groups is 2. The Kier molecular flexibility index (Phi) is 9.84. The number of urea groups is 1. The van der Waals surface area contributed by atoms with Gasteiger partial charge in [0.05, 0.1) is 31.1 Å². The Hall–Kier alpha value is -4.99. The maximum atomic E-state index is 14.1. The van der Waals surface area contributed by atoms with Gasteiger partial charge in [0.1, 0.15) is 23.3 Å². The number of carbonyl (C=O) groups is 2. The highest BCUT2D eigenvalue weighted by Crippen LogP contribution is 2.33. The Morgan fingerprint density at radius 1 is 1.07 bits per heavy atom. The second-order valence-corrected chi connectivity index (χ2v) is 10.4. The van der Waals surface area contributed by atoms with Gasteiger partial charge in [-0.15, -0.1) is 0 Å². The molecule has 3 heterocycles. The molecular formula is C31H32F3N7O5. The quantitative estimate of drug-likeness (QED) is 0.236. The molecule has 0 spiro atoms. The minimum absolute atomic E-state index is 0.116. The van der Waals surface area contributed by atoms with E-state index in [9.17, 15) is 22.8 Å². The van der Waals surface area contributed by atoms with Crippen LogP contribution in [0.15, 0.2) is 54.7 Å². The molecule has 12 nitrogen and oxygen atoms in total. The van der Waals surface area contributed by atoms with Crippen molar-refractivity contribution < 1.29 is 37.1 Å². The molecule has 46 heavy (non-hydrogen) atoms. The summed E-state index contributed by atoms with van der Waals surface area (Å²) in [5.74, 6) is -2.57. The zero-order valence-electron chi connectivity index (χ0n) is 25.4. The van der Waals surface area contributed by atoms with Crippen molar-refractivity contribution >= 4 is 17.8 Å². The van der Waals surface area contributed by atoms with Crippen LogP contribution < -0.4 is 20.7 Å².